The molecule has 0 fully saturated rings. The van der Waals surface area contributed by atoms with E-state index in [1.165, 1.54) is 32.4 Å². The molecule has 2 N–H and O–H groups in total. The number of amides is 1. The van der Waals surface area contributed by atoms with Crippen LogP contribution in [0.25, 0.3) is 0 Å². The molecule has 2 aromatic carbocycles. The summed E-state index contributed by atoms with van der Waals surface area (Å²) >= 11 is 6.00. The minimum absolute atomic E-state index is 0.0498. The maximum atomic E-state index is 12.9. The number of carbonyl (C=O) groups excluding carboxylic acids is 1. The first-order valence-corrected chi connectivity index (χ1v) is 11.8. The van der Waals surface area contributed by atoms with Crippen LogP contribution in [0.5, 0.6) is 11.5 Å². The smallest absolute Gasteiger partial charge is 0.433 e. The minimum Gasteiger partial charge on any atom is -0.493 e. The number of carbonyl (C=O) groups is 1. The Labute approximate surface area is 221 Å². The summed E-state index contributed by atoms with van der Waals surface area (Å²) in [5.74, 6) is -0.468. The third-order valence-corrected chi connectivity index (χ3v) is 5.97. The molecular formula is C26H25ClF5N3O3. The molecule has 0 aliphatic carbocycles. The molecule has 0 saturated carbocycles. The highest BCUT2D eigenvalue weighted by Gasteiger charge is 2.32. The Hall–Kier alpha value is -3.44. The number of pyridine rings is 1. The largest absolute Gasteiger partial charge is 0.493 e. The summed E-state index contributed by atoms with van der Waals surface area (Å²) in [7, 11) is 2.78. The van der Waals surface area contributed by atoms with E-state index in [2.05, 4.69) is 20.4 Å². The number of benzene rings is 2. The molecule has 0 unspecified atom stereocenters. The molecule has 6 nitrogen and oxygen atoms in total. The van der Waals surface area contributed by atoms with Gasteiger partial charge in [-0.2, -0.15) is 22.0 Å². The SMILES string of the molecule is CNC(=O)[C@H](N[C@H](CCc1ccc(C(F)(F)F)nc1)c1ccc(OC(F)F)c(OC)c1)c1ccc(Cl)cc1. The predicted octanol–water partition coefficient (Wildman–Crippen LogP) is 6.11. The van der Waals surface area contributed by atoms with E-state index in [-0.39, 0.29) is 17.4 Å². The van der Waals surface area contributed by atoms with Crippen LogP contribution < -0.4 is 20.1 Å². The van der Waals surface area contributed by atoms with Crippen molar-refractivity contribution in [2.24, 2.45) is 0 Å². The summed E-state index contributed by atoms with van der Waals surface area (Å²) in [5, 5.41) is 6.36. The average Bonchev–Trinajstić information content (AvgIpc) is 2.89. The Bertz CT molecular complexity index is 1210. The Morgan fingerprint density at radius 1 is 1.03 bits per heavy atom. The van der Waals surface area contributed by atoms with Crippen LogP contribution in [0.1, 0.15) is 40.9 Å². The fourth-order valence-electron chi connectivity index (χ4n) is 3.82. The van der Waals surface area contributed by atoms with Gasteiger partial charge in [-0.25, -0.2) is 0 Å². The fourth-order valence-corrected chi connectivity index (χ4v) is 3.94. The van der Waals surface area contributed by atoms with Gasteiger partial charge in [-0.15, -0.1) is 0 Å². The number of likely N-dealkylation sites (N-methyl/N-ethyl adjacent to an activating group) is 1. The standard InChI is InChI=1S/C26H25ClF5N3O3/c1-33-24(36)23(16-5-8-18(27)9-6-16)35-19(10-3-15-4-12-22(34-14-15)26(30,31)32)17-7-11-20(38-25(28)29)21(13-17)37-2/h4-9,11-14,19,23,25,35H,3,10H2,1-2H3,(H,33,36)/t19-,23-/m1/s1. The normalized spacial score (nSPS) is 13.2. The van der Waals surface area contributed by atoms with Gasteiger partial charge in [0.15, 0.2) is 11.5 Å². The number of nitrogens with one attached hydrogen (secondary N) is 2. The second kappa shape index (κ2) is 12.9. The molecule has 1 amide bonds. The predicted molar refractivity (Wildman–Crippen MR) is 131 cm³/mol. The van der Waals surface area contributed by atoms with E-state index in [1.807, 2.05) is 0 Å². The molecule has 3 rings (SSSR count). The lowest BCUT2D eigenvalue weighted by Crippen LogP contribution is -2.38. The number of hydrogen-bond donors (Lipinski definition) is 2. The van der Waals surface area contributed by atoms with Gasteiger partial charge in [0.1, 0.15) is 11.7 Å². The van der Waals surface area contributed by atoms with Gasteiger partial charge < -0.3 is 14.8 Å². The lowest BCUT2D eigenvalue weighted by Gasteiger charge is -2.26. The zero-order valence-corrected chi connectivity index (χ0v) is 21.1. The first-order chi connectivity index (χ1) is 18.0. The van der Waals surface area contributed by atoms with E-state index < -0.39 is 30.6 Å². The molecule has 12 heteroatoms. The van der Waals surface area contributed by atoms with Gasteiger partial charge in [0.2, 0.25) is 5.91 Å². The molecule has 0 bridgehead atoms. The van der Waals surface area contributed by atoms with Gasteiger partial charge in [-0.3, -0.25) is 15.1 Å². The molecule has 1 heterocycles. The number of aromatic nitrogens is 1. The van der Waals surface area contributed by atoms with Crippen molar-refractivity contribution in [3.63, 3.8) is 0 Å². The summed E-state index contributed by atoms with van der Waals surface area (Å²) in [6, 6.07) is 11.9. The number of aryl methyl sites for hydroxylation is 1. The lowest BCUT2D eigenvalue weighted by molar-refractivity contribution is -0.141. The van der Waals surface area contributed by atoms with Crippen LogP contribution >= 0.6 is 11.6 Å². The zero-order chi connectivity index (χ0) is 27.9. The van der Waals surface area contributed by atoms with E-state index in [9.17, 15) is 26.7 Å². The van der Waals surface area contributed by atoms with Gasteiger partial charge in [0, 0.05) is 24.3 Å². The average molecular weight is 558 g/mol. The molecule has 0 spiro atoms. The molecule has 3 aromatic rings. The van der Waals surface area contributed by atoms with E-state index >= 15 is 0 Å². The number of methoxy groups -OCH3 is 1. The molecule has 0 saturated heterocycles. The molecule has 0 radical (unpaired) electrons. The topological polar surface area (TPSA) is 72.5 Å². The fraction of sp³-hybridized carbons (Fsp3) is 0.308. The Kier molecular flexibility index (Phi) is 9.87. The summed E-state index contributed by atoms with van der Waals surface area (Å²) < 4.78 is 74.0. The van der Waals surface area contributed by atoms with Crippen LogP contribution in [0.3, 0.4) is 0 Å². The van der Waals surface area contributed by atoms with Crippen LogP contribution in [-0.4, -0.2) is 31.7 Å². The van der Waals surface area contributed by atoms with Gasteiger partial charge in [0.05, 0.1) is 7.11 Å². The third-order valence-electron chi connectivity index (χ3n) is 5.72. The van der Waals surface area contributed by atoms with Crippen molar-refractivity contribution in [2.75, 3.05) is 14.2 Å². The van der Waals surface area contributed by atoms with E-state index in [1.54, 1.807) is 30.3 Å². The number of rotatable bonds is 11. The van der Waals surface area contributed by atoms with Gasteiger partial charge >= 0.3 is 12.8 Å². The molecule has 0 aliphatic rings. The van der Waals surface area contributed by atoms with Gasteiger partial charge in [-0.05, 0) is 59.9 Å². The molecule has 0 aliphatic heterocycles. The van der Waals surface area contributed by atoms with Crippen molar-refractivity contribution >= 4 is 17.5 Å². The summed E-state index contributed by atoms with van der Waals surface area (Å²) in [5.41, 5.74) is 0.723. The molecule has 1 aromatic heterocycles. The third kappa shape index (κ3) is 7.78. The summed E-state index contributed by atoms with van der Waals surface area (Å²) in [6.07, 6.45) is -2.80. The van der Waals surface area contributed by atoms with E-state index in [0.717, 1.165) is 12.3 Å². The summed E-state index contributed by atoms with van der Waals surface area (Å²) in [6.45, 7) is -3.06. The second-order valence-electron chi connectivity index (χ2n) is 8.19. The molecular weight excluding hydrogens is 533 g/mol. The van der Waals surface area contributed by atoms with Crippen LogP contribution in [-0.2, 0) is 17.4 Å². The molecule has 2 atom stereocenters. The van der Waals surface area contributed by atoms with Gasteiger partial charge in [0.25, 0.3) is 0 Å². The van der Waals surface area contributed by atoms with Crippen molar-refractivity contribution in [1.82, 2.24) is 15.6 Å². The highest BCUT2D eigenvalue weighted by molar-refractivity contribution is 6.30. The minimum atomic E-state index is -4.56. The van der Waals surface area contributed by atoms with Crippen LogP contribution in [0, 0.1) is 0 Å². The highest BCUT2D eigenvalue weighted by Crippen LogP contribution is 2.34. The van der Waals surface area contributed by atoms with Crippen molar-refractivity contribution < 1.29 is 36.2 Å². The zero-order valence-electron chi connectivity index (χ0n) is 20.4. The monoisotopic (exact) mass is 557 g/mol. The second-order valence-corrected chi connectivity index (χ2v) is 8.63. The van der Waals surface area contributed by atoms with Crippen molar-refractivity contribution in [3.8, 4) is 11.5 Å². The number of hydrogen-bond acceptors (Lipinski definition) is 5. The van der Waals surface area contributed by atoms with Crippen LogP contribution in [0.2, 0.25) is 5.02 Å². The van der Waals surface area contributed by atoms with E-state index in [4.69, 9.17) is 16.3 Å². The van der Waals surface area contributed by atoms with Crippen molar-refractivity contribution in [3.05, 3.63) is 88.2 Å². The molecule has 204 valence electrons. The lowest BCUT2D eigenvalue weighted by atomic mass is 9.96. The van der Waals surface area contributed by atoms with Crippen LogP contribution in [0.4, 0.5) is 22.0 Å². The highest BCUT2D eigenvalue weighted by atomic mass is 35.5. The summed E-state index contributed by atoms with van der Waals surface area (Å²) in [4.78, 5) is 16.3. The van der Waals surface area contributed by atoms with Crippen molar-refractivity contribution in [2.45, 2.75) is 37.7 Å². The maximum Gasteiger partial charge on any atom is 0.433 e. The van der Waals surface area contributed by atoms with E-state index in [0.29, 0.717) is 34.6 Å². The van der Waals surface area contributed by atoms with Crippen molar-refractivity contribution in [1.29, 1.82) is 0 Å². The first-order valence-electron chi connectivity index (χ1n) is 11.4. The quantitative estimate of drug-likeness (QED) is 0.278. The Morgan fingerprint density at radius 3 is 2.26 bits per heavy atom. The van der Waals surface area contributed by atoms with Crippen LogP contribution in [0.15, 0.2) is 60.8 Å². The number of alkyl halides is 5. The Balaban J connectivity index is 1.94. The number of nitrogens with zero attached hydrogens (tertiary/aromatic N) is 1. The maximum absolute atomic E-state index is 12.9. The first kappa shape index (κ1) is 29.1. The number of halogens is 6. The van der Waals surface area contributed by atoms with Gasteiger partial charge in [-0.1, -0.05) is 35.9 Å². The Morgan fingerprint density at radius 2 is 1.71 bits per heavy atom. The molecule has 38 heavy (non-hydrogen) atoms. The number of ether oxygens (including phenoxy) is 2.